The minimum Gasteiger partial charge on any atom is -0.497 e. The first-order chi connectivity index (χ1) is 13.9. The van der Waals surface area contributed by atoms with Crippen LogP contribution >= 0.6 is 11.6 Å². The second-order valence-electron chi connectivity index (χ2n) is 6.62. The maximum atomic E-state index is 9.51. The van der Waals surface area contributed by atoms with Crippen molar-refractivity contribution in [2.24, 2.45) is 0 Å². The van der Waals surface area contributed by atoms with Gasteiger partial charge in [-0.25, -0.2) is 9.97 Å². The van der Waals surface area contributed by atoms with Gasteiger partial charge in [0, 0.05) is 29.9 Å². The SMILES string of the molecule is COc1cc(C)cc(-c2nn(CC#N)cc2-c2cc(NC[C@H](C)O)nc(Cl)n2)c1. The van der Waals surface area contributed by atoms with Gasteiger partial charge in [0.2, 0.25) is 5.28 Å². The highest BCUT2D eigenvalue weighted by atomic mass is 35.5. The molecule has 0 radical (unpaired) electrons. The number of aliphatic hydroxyl groups excluding tert-OH is 1. The Hall–Kier alpha value is -3.15. The fraction of sp³-hybridized carbons (Fsp3) is 0.300. The van der Waals surface area contributed by atoms with Gasteiger partial charge in [0.15, 0.2) is 0 Å². The smallest absolute Gasteiger partial charge is 0.224 e. The molecule has 9 heteroatoms. The van der Waals surface area contributed by atoms with Crippen LogP contribution in [-0.2, 0) is 6.54 Å². The molecular formula is C20H21ClN6O2. The van der Waals surface area contributed by atoms with Crippen LogP contribution in [0.15, 0.2) is 30.5 Å². The number of anilines is 1. The number of aliphatic hydroxyl groups is 1. The van der Waals surface area contributed by atoms with E-state index in [0.717, 1.165) is 11.1 Å². The number of rotatable bonds is 7. The average molecular weight is 413 g/mol. The average Bonchev–Trinajstić information content (AvgIpc) is 3.10. The van der Waals surface area contributed by atoms with Gasteiger partial charge in [0.1, 0.15) is 23.8 Å². The molecule has 0 aliphatic heterocycles. The Labute approximate surface area is 173 Å². The summed E-state index contributed by atoms with van der Waals surface area (Å²) >= 11 is 6.13. The molecule has 2 N–H and O–H groups in total. The number of aromatic nitrogens is 4. The van der Waals surface area contributed by atoms with Crippen LogP contribution in [-0.4, -0.2) is 44.6 Å². The van der Waals surface area contributed by atoms with Crippen molar-refractivity contribution in [1.29, 1.82) is 5.26 Å². The van der Waals surface area contributed by atoms with Crippen LogP contribution in [0.3, 0.4) is 0 Å². The lowest BCUT2D eigenvalue weighted by Crippen LogP contribution is -2.16. The van der Waals surface area contributed by atoms with Gasteiger partial charge < -0.3 is 15.2 Å². The zero-order valence-corrected chi connectivity index (χ0v) is 17.1. The summed E-state index contributed by atoms with van der Waals surface area (Å²) in [5.41, 5.74) is 3.76. The first kappa shape index (κ1) is 20.6. The van der Waals surface area contributed by atoms with E-state index in [1.807, 2.05) is 25.1 Å². The molecule has 29 heavy (non-hydrogen) atoms. The normalized spacial score (nSPS) is 11.7. The van der Waals surface area contributed by atoms with Crippen molar-refractivity contribution < 1.29 is 9.84 Å². The molecule has 150 valence electrons. The van der Waals surface area contributed by atoms with E-state index < -0.39 is 6.10 Å². The summed E-state index contributed by atoms with van der Waals surface area (Å²) < 4.78 is 6.94. The molecule has 8 nitrogen and oxygen atoms in total. The van der Waals surface area contributed by atoms with Gasteiger partial charge in [-0.1, -0.05) is 0 Å². The van der Waals surface area contributed by atoms with Gasteiger partial charge >= 0.3 is 0 Å². The number of hydrogen-bond acceptors (Lipinski definition) is 7. The predicted molar refractivity (Wildman–Crippen MR) is 111 cm³/mol. The van der Waals surface area contributed by atoms with Crippen LogP contribution in [0.25, 0.3) is 22.5 Å². The molecule has 0 bridgehead atoms. The van der Waals surface area contributed by atoms with Crippen molar-refractivity contribution in [3.05, 3.63) is 41.3 Å². The fourth-order valence-electron chi connectivity index (χ4n) is 2.88. The third kappa shape index (κ3) is 5.02. The second-order valence-corrected chi connectivity index (χ2v) is 6.96. The van der Waals surface area contributed by atoms with E-state index in [0.29, 0.717) is 35.1 Å². The molecule has 2 aromatic heterocycles. The summed E-state index contributed by atoms with van der Waals surface area (Å²) in [5, 5.41) is 26.3. The number of methoxy groups -OCH3 is 1. The monoisotopic (exact) mass is 412 g/mol. The zero-order valence-electron chi connectivity index (χ0n) is 16.3. The molecule has 0 fully saturated rings. The summed E-state index contributed by atoms with van der Waals surface area (Å²) in [7, 11) is 1.61. The standard InChI is InChI=1S/C20H21ClN6O2/c1-12-6-14(8-15(7-12)29-3)19-16(11-27(26-19)5-4-22)17-9-18(23-10-13(2)28)25-20(21)24-17/h6-9,11,13,28H,5,10H2,1-3H3,(H,23,24,25)/t13-/m0/s1. The maximum absolute atomic E-state index is 9.51. The Balaban J connectivity index is 2.12. The van der Waals surface area contributed by atoms with Crippen molar-refractivity contribution in [2.45, 2.75) is 26.5 Å². The molecule has 2 heterocycles. The Morgan fingerprint density at radius 2 is 2.10 bits per heavy atom. The molecule has 1 atom stereocenters. The maximum Gasteiger partial charge on any atom is 0.224 e. The number of aryl methyl sites for hydroxylation is 1. The third-order valence-corrected chi connectivity index (χ3v) is 4.28. The summed E-state index contributed by atoms with van der Waals surface area (Å²) in [6.07, 6.45) is 1.21. The Morgan fingerprint density at radius 3 is 2.79 bits per heavy atom. The van der Waals surface area contributed by atoms with Gasteiger partial charge in [-0.2, -0.15) is 10.4 Å². The third-order valence-electron chi connectivity index (χ3n) is 4.11. The summed E-state index contributed by atoms with van der Waals surface area (Å²) in [4.78, 5) is 8.49. The fourth-order valence-corrected chi connectivity index (χ4v) is 3.06. The summed E-state index contributed by atoms with van der Waals surface area (Å²) in [5.74, 6) is 1.20. The molecule has 0 amide bonds. The van der Waals surface area contributed by atoms with Crippen LogP contribution in [0.2, 0.25) is 5.28 Å². The quantitative estimate of drug-likeness (QED) is 0.573. The van der Waals surface area contributed by atoms with E-state index in [9.17, 15) is 5.11 Å². The number of ether oxygens (including phenoxy) is 1. The van der Waals surface area contributed by atoms with E-state index in [1.165, 1.54) is 0 Å². The van der Waals surface area contributed by atoms with Gasteiger partial charge in [-0.05, 0) is 49.2 Å². The molecule has 0 spiro atoms. The van der Waals surface area contributed by atoms with Gasteiger partial charge in [0.25, 0.3) is 0 Å². The first-order valence-corrected chi connectivity index (χ1v) is 9.34. The molecule has 1 aromatic carbocycles. The van der Waals surface area contributed by atoms with Crippen molar-refractivity contribution >= 4 is 17.4 Å². The van der Waals surface area contributed by atoms with E-state index in [4.69, 9.17) is 21.6 Å². The minimum atomic E-state index is -0.541. The number of nitriles is 1. The zero-order chi connectivity index (χ0) is 21.0. The summed E-state index contributed by atoms with van der Waals surface area (Å²) in [6.45, 7) is 4.06. The van der Waals surface area contributed by atoms with Crippen LogP contribution in [0, 0.1) is 18.3 Å². The highest BCUT2D eigenvalue weighted by molar-refractivity contribution is 6.28. The topological polar surface area (TPSA) is 109 Å². The lowest BCUT2D eigenvalue weighted by atomic mass is 10.0. The van der Waals surface area contributed by atoms with Crippen molar-refractivity contribution in [2.75, 3.05) is 19.0 Å². The van der Waals surface area contributed by atoms with Crippen LogP contribution < -0.4 is 10.1 Å². The predicted octanol–water partition coefficient (Wildman–Crippen LogP) is 3.29. The number of benzene rings is 1. The van der Waals surface area contributed by atoms with Crippen molar-refractivity contribution in [3.63, 3.8) is 0 Å². The van der Waals surface area contributed by atoms with Crippen LogP contribution in [0.1, 0.15) is 12.5 Å². The molecular weight excluding hydrogens is 392 g/mol. The Morgan fingerprint density at radius 1 is 1.31 bits per heavy atom. The molecule has 0 saturated carbocycles. The largest absolute Gasteiger partial charge is 0.497 e. The minimum absolute atomic E-state index is 0.0661. The van der Waals surface area contributed by atoms with Gasteiger partial charge in [0.05, 0.1) is 25.0 Å². The van der Waals surface area contributed by atoms with E-state index in [-0.39, 0.29) is 11.8 Å². The highest BCUT2D eigenvalue weighted by Crippen LogP contribution is 2.34. The molecule has 3 aromatic rings. The van der Waals surface area contributed by atoms with Crippen LogP contribution in [0.5, 0.6) is 5.75 Å². The van der Waals surface area contributed by atoms with E-state index in [2.05, 4.69) is 26.5 Å². The van der Waals surface area contributed by atoms with Crippen LogP contribution in [0.4, 0.5) is 5.82 Å². The second kappa shape index (κ2) is 8.90. The molecule has 0 unspecified atom stereocenters. The Kier molecular flexibility index (Phi) is 6.32. The number of hydrogen-bond donors (Lipinski definition) is 2. The molecule has 0 aliphatic rings. The number of nitrogens with one attached hydrogen (secondary N) is 1. The lowest BCUT2D eigenvalue weighted by Gasteiger charge is -2.10. The van der Waals surface area contributed by atoms with E-state index >= 15 is 0 Å². The summed E-state index contributed by atoms with van der Waals surface area (Å²) in [6, 6.07) is 9.62. The lowest BCUT2D eigenvalue weighted by molar-refractivity contribution is 0.208. The van der Waals surface area contributed by atoms with Gasteiger partial charge in [-0.3, -0.25) is 4.68 Å². The number of halogens is 1. The molecule has 0 aliphatic carbocycles. The van der Waals surface area contributed by atoms with Gasteiger partial charge in [-0.15, -0.1) is 0 Å². The number of nitrogens with zero attached hydrogens (tertiary/aromatic N) is 5. The highest BCUT2D eigenvalue weighted by Gasteiger charge is 2.17. The van der Waals surface area contributed by atoms with E-state index in [1.54, 1.807) is 31.0 Å². The molecule has 0 saturated heterocycles. The molecule has 3 rings (SSSR count). The first-order valence-electron chi connectivity index (χ1n) is 8.97. The van der Waals surface area contributed by atoms with Crippen molar-refractivity contribution in [1.82, 2.24) is 19.7 Å². The Bertz CT molecular complexity index is 1060. The van der Waals surface area contributed by atoms with Crippen molar-refractivity contribution in [3.8, 4) is 34.3 Å².